The van der Waals surface area contributed by atoms with Crippen LogP contribution in [0.1, 0.15) is 23.8 Å². The maximum Gasteiger partial charge on any atom is 0.232 e. The van der Waals surface area contributed by atoms with E-state index in [9.17, 15) is 4.79 Å². The molecule has 2 aromatic carbocycles. The molecule has 0 N–H and O–H groups in total. The van der Waals surface area contributed by atoms with E-state index < -0.39 is 0 Å². The van der Waals surface area contributed by atoms with E-state index in [1.807, 2.05) is 55.5 Å². The molecule has 1 amide bonds. The number of aryl methyl sites for hydroxylation is 1. The number of ether oxygens (including phenoxy) is 1. The minimum Gasteiger partial charge on any atom is -0.497 e. The number of carbonyl (C=O) groups is 1. The second-order valence-corrected chi connectivity index (χ2v) is 6.38. The molecule has 132 valence electrons. The number of anilines is 1. The fourth-order valence-electron chi connectivity index (χ4n) is 3.24. The van der Waals surface area contributed by atoms with Crippen molar-refractivity contribution >= 4 is 11.6 Å². The van der Waals surface area contributed by atoms with Crippen LogP contribution < -0.4 is 9.64 Å². The predicted octanol–water partition coefficient (Wildman–Crippen LogP) is 3.57. The number of amides is 1. The van der Waals surface area contributed by atoms with Crippen LogP contribution in [0.15, 0.2) is 53.1 Å². The van der Waals surface area contributed by atoms with Crippen LogP contribution in [0.4, 0.5) is 5.69 Å². The van der Waals surface area contributed by atoms with Crippen molar-refractivity contribution in [3.63, 3.8) is 0 Å². The average Bonchev–Trinajstić information content (AvgIpc) is 3.29. The van der Waals surface area contributed by atoms with E-state index in [1.165, 1.54) is 0 Å². The van der Waals surface area contributed by atoms with Crippen LogP contribution in [-0.4, -0.2) is 29.7 Å². The first-order chi connectivity index (χ1) is 12.7. The highest BCUT2D eigenvalue weighted by Crippen LogP contribution is 2.33. The molecular weight excluding hydrogens is 330 g/mol. The largest absolute Gasteiger partial charge is 0.497 e. The van der Waals surface area contributed by atoms with Crippen molar-refractivity contribution in [1.29, 1.82) is 0 Å². The van der Waals surface area contributed by atoms with Crippen molar-refractivity contribution in [2.45, 2.75) is 19.3 Å². The van der Waals surface area contributed by atoms with Crippen molar-refractivity contribution < 1.29 is 14.1 Å². The third-order valence-corrected chi connectivity index (χ3v) is 4.67. The van der Waals surface area contributed by atoms with Crippen LogP contribution in [-0.2, 0) is 4.79 Å². The van der Waals surface area contributed by atoms with Crippen LogP contribution in [0, 0.1) is 6.92 Å². The summed E-state index contributed by atoms with van der Waals surface area (Å²) in [6.07, 6.45) is 0.354. The second kappa shape index (κ2) is 6.63. The Morgan fingerprint density at radius 3 is 2.85 bits per heavy atom. The standard InChI is InChI=1S/C20H19N3O3/c1-13-6-3-4-9-17(13)19-21-20(26-22-19)14-10-18(24)23(12-14)15-7-5-8-16(11-15)25-2/h3-9,11,14H,10,12H2,1-2H3. The highest BCUT2D eigenvalue weighted by atomic mass is 16.5. The van der Waals surface area contributed by atoms with E-state index in [2.05, 4.69) is 10.1 Å². The van der Waals surface area contributed by atoms with Gasteiger partial charge >= 0.3 is 0 Å². The molecule has 1 aliphatic heterocycles. The Bertz CT molecular complexity index is 951. The van der Waals surface area contributed by atoms with Crippen molar-refractivity contribution in [2.24, 2.45) is 0 Å². The molecule has 0 aliphatic carbocycles. The lowest BCUT2D eigenvalue weighted by atomic mass is 10.1. The lowest BCUT2D eigenvalue weighted by Gasteiger charge is -2.16. The second-order valence-electron chi connectivity index (χ2n) is 6.38. The highest BCUT2D eigenvalue weighted by molar-refractivity contribution is 5.96. The summed E-state index contributed by atoms with van der Waals surface area (Å²) in [5, 5.41) is 4.11. The number of nitrogens with zero attached hydrogens (tertiary/aromatic N) is 3. The summed E-state index contributed by atoms with van der Waals surface area (Å²) in [5.74, 6) is 1.71. The molecule has 2 heterocycles. The average molecular weight is 349 g/mol. The molecule has 0 spiro atoms. The Kier molecular flexibility index (Phi) is 4.16. The fourth-order valence-corrected chi connectivity index (χ4v) is 3.24. The van der Waals surface area contributed by atoms with Crippen LogP contribution in [0.25, 0.3) is 11.4 Å². The van der Waals surface area contributed by atoms with E-state index in [1.54, 1.807) is 12.0 Å². The number of hydrogen-bond acceptors (Lipinski definition) is 5. The minimum absolute atomic E-state index is 0.0406. The Morgan fingerprint density at radius 1 is 1.19 bits per heavy atom. The number of benzene rings is 2. The SMILES string of the molecule is COc1cccc(N2CC(c3nc(-c4ccccc4C)no3)CC2=O)c1. The molecule has 0 radical (unpaired) electrons. The summed E-state index contributed by atoms with van der Waals surface area (Å²) >= 11 is 0. The van der Waals surface area contributed by atoms with Gasteiger partial charge in [0, 0.05) is 30.3 Å². The monoisotopic (exact) mass is 349 g/mol. The van der Waals surface area contributed by atoms with Gasteiger partial charge in [-0.15, -0.1) is 0 Å². The smallest absolute Gasteiger partial charge is 0.232 e. The molecule has 1 atom stereocenters. The van der Waals surface area contributed by atoms with Gasteiger partial charge in [0.25, 0.3) is 0 Å². The highest BCUT2D eigenvalue weighted by Gasteiger charge is 2.35. The first-order valence-corrected chi connectivity index (χ1v) is 8.49. The molecule has 3 aromatic rings. The third-order valence-electron chi connectivity index (χ3n) is 4.67. The molecule has 26 heavy (non-hydrogen) atoms. The van der Waals surface area contributed by atoms with Gasteiger partial charge in [0.15, 0.2) is 0 Å². The molecule has 4 rings (SSSR count). The molecule has 1 unspecified atom stereocenters. The van der Waals surface area contributed by atoms with Crippen molar-refractivity contribution in [2.75, 3.05) is 18.6 Å². The zero-order valence-electron chi connectivity index (χ0n) is 14.7. The summed E-state index contributed by atoms with van der Waals surface area (Å²) in [5.41, 5.74) is 2.84. The van der Waals surface area contributed by atoms with Gasteiger partial charge in [0.1, 0.15) is 5.75 Å². The number of carbonyl (C=O) groups excluding carboxylic acids is 1. The molecule has 1 aliphatic rings. The van der Waals surface area contributed by atoms with Gasteiger partial charge in [0.05, 0.1) is 13.0 Å². The van der Waals surface area contributed by atoms with E-state index >= 15 is 0 Å². The molecule has 1 aromatic heterocycles. The topological polar surface area (TPSA) is 68.5 Å². The summed E-state index contributed by atoms with van der Waals surface area (Å²) in [6, 6.07) is 15.4. The maximum absolute atomic E-state index is 12.5. The lowest BCUT2D eigenvalue weighted by Crippen LogP contribution is -2.24. The summed E-state index contributed by atoms with van der Waals surface area (Å²) in [6.45, 7) is 2.52. The summed E-state index contributed by atoms with van der Waals surface area (Å²) in [7, 11) is 1.61. The zero-order valence-corrected chi connectivity index (χ0v) is 14.7. The van der Waals surface area contributed by atoms with Gasteiger partial charge in [0.2, 0.25) is 17.6 Å². The molecule has 6 heteroatoms. The van der Waals surface area contributed by atoms with E-state index in [4.69, 9.17) is 9.26 Å². The molecule has 0 saturated carbocycles. The normalized spacial score (nSPS) is 16.9. The first-order valence-electron chi connectivity index (χ1n) is 8.49. The van der Waals surface area contributed by atoms with E-state index in [0.717, 1.165) is 22.6 Å². The Balaban J connectivity index is 1.57. The first kappa shape index (κ1) is 16.3. The van der Waals surface area contributed by atoms with Gasteiger partial charge in [-0.1, -0.05) is 35.5 Å². The Hall–Kier alpha value is -3.15. The molecule has 6 nitrogen and oxygen atoms in total. The van der Waals surface area contributed by atoms with Gasteiger partial charge < -0.3 is 14.2 Å². The number of rotatable bonds is 4. The fraction of sp³-hybridized carbons (Fsp3) is 0.250. The maximum atomic E-state index is 12.5. The predicted molar refractivity (Wildman–Crippen MR) is 97.2 cm³/mol. The lowest BCUT2D eigenvalue weighted by molar-refractivity contribution is -0.117. The summed E-state index contributed by atoms with van der Waals surface area (Å²) < 4.78 is 10.7. The minimum atomic E-state index is -0.112. The van der Waals surface area contributed by atoms with Crippen LogP contribution in [0.2, 0.25) is 0 Å². The van der Waals surface area contributed by atoms with Crippen molar-refractivity contribution in [3.8, 4) is 17.1 Å². The van der Waals surface area contributed by atoms with E-state index in [-0.39, 0.29) is 11.8 Å². The third kappa shape index (κ3) is 2.94. The molecule has 0 bridgehead atoms. The van der Waals surface area contributed by atoms with Gasteiger partial charge in [-0.25, -0.2) is 0 Å². The van der Waals surface area contributed by atoms with Gasteiger partial charge in [-0.2, -0.15) is 4.98 Å². The van der Waals surface area contributed by atoms with Crippen LogP contribution >= 0.6 is 0 Å². The zero-order chi connectivity index (χ0) is 18.1. The van der Waals surface area contributed by atoms with Crippen LogP contribution in [0.5, 0.6) is 5.75 Å². The number of hydrogen-bond donors (Lipinski definition) is 0. The van der Waals surface area contributed by atoms with Gasteiger partial charge in [-0.3, -0.25) is 4.79 Å². The Labute approximate surface area is 151 Å². The molecular formula is C20H19N3O3. The quantitative estimate of drug-likeness (QED) is 0.720. The van der Waals surface area contributed by atoms with Gasteiger partial charge in [-0.05, 0) is 24.6 Å². The van der Waals surface area contributed by atoms with Crippen LogP contribution in [0.3, 0.4) is 0 Å². The summed E-state index contributed by atoms with van der Waals surface area (Å²) in [4.78, 5) is 18.8. The molecule has 1 fully saturated rings. The van der Waals surface area contributed by atoms with Crippen molar-refractivity contribution in [3.05, 3.63) is 60.0 Å². The number of aromatic nitrogens is 2. The Morgan fingerprint density at radius 2 is 2.04 bits per heavy atom. The van der Waals surface area contributed by atoms with Crippen molar-refractivity contribution in [1.82, 2.24) is 10.1 Å². The van der Waals surface area contributed by atoms with E-state index in [0.29, 0.717) is 24.7 Å². The number of methoxy groups -OCH3 is 1. The molecule has 1 saturated heterocycles.